The number of aliphatic hydroxyl groups excluding tert-OH is 5. The molecule has 2 saturated heterocycles. The lowest BCUT2D eigenvalue weighted by Gasteiger charge is -2.70. The van der Waals surface area contributed by atoms with Gasteiger partial charge in [0.1, 0.15) is 24.4 Å². The molecule has 0 spiro atoms. The minimum Gasteiger partial charge on any atom is -0.394 e. The number of fused-ring (bicyclic) bond motifs is 4. The van der Waals surface area contributed by atoms with Crippen molar-refractivity contribution >= 4 is 0 Å². The molecule has 0 unspecified atom stereocenters. The third-order valence-electron chi connectivity index (χ3n) is 14.5. The molecule has 6 rings (SSSR count). The Morgan fingerprint density at radius 3 is 2.23 bits per heavy atom. The highest BCUT2D eigenvalue weighted by Gasteiger charge is 2.75. The van der Waals surface area contributed by atoms with Crippen LogP contribution >= 0.6 is 0 Å². The third kappa shape index (κ3) is 4.51. The molecule has 2 aliphatic heterocycles. The van der Waals surface area contributed by atoms with Gasteiger partial charge in [-0.1, -0.05) is 46.3 Å². The summed E-state index contributed by atoms with van der Waals surface area (Å²) in [5, 5.41) is 52.9. The number of allylic oxidation sites excluding steroid dienone is 2. The average molecular weight is 607 g/mol. The van der Waals surface area contributed by atoms with Gasteiger partial charge < -0.3 is 39.7 Å². The van der Waals surface area contributed by atoms with Crippen LogP contribution in [0.25, 0.3) is 0 Å². The molecule has 43 heavy (non-hydrogen) atoms. The molecule has 8 heteroatoms. The largest absolute Gasteiger partial charge is 0.394 e. The Bertz CT molecular complexity index is 1090. The van der Waals surface area contributed by atoms with Crippen LogP contribution in [0, 0.1) is 45.3 Å². The monoisotopic (exact) mass is 606 g/mol. The second kappa shape index (κ2) is 10.7. The van der Waals surface area contributed by atoms with Gasteiger partial charge in [-0.05, 0) is 105 Å². The third-order valence-corrected chi connectivity index (χ3v) is 14.5. The Morgan fingerprint density at radius 1 is 0.860 bits per heavy atom. The van der Waals surface area contributed by atoms with Gasteiger partial charge in [0, 0.05) is 12.3 Å². The SMILES string of the molecule is CC(C)=CCC[C@@]1(O[C@@H]2O[C@H](CO)[C@@H](O)[C@H](O)[C@H]2O)O[C@@H]2C[C@@H]3[C@@]4(C)CC[C@H](O)C(C)(C)[C@@H]4CC[C@@]3(C)[C@]3(C)CC[C@H]1[C@@H]23. The number of hydrogen-bond donors (Lipinski definition) is 5. The summed E-state index contributed by atoms with van der Waals surface area (Å²) in [6.45, 7) is 15.8. The van der Waals surface area contributed by atoms with Crippen LogP contribution in [0.1, 0.15) is 106 Å². The highest BCUT2D eigenvalue weighted by molar-refractivity contribution is 5.22. The fourth-order valence-corrected chi connectivity index (χ4v) is 12.0. The molecule has 5 N–H and O–H groups in total. The summed E-state index contributed by atoms with van der Waals surface area (Å²) in [7, 11) is 0. The van der Waals surface area contributed by atoms with E-state index in [2.05, 4.69) is 54.5 Å². The van der Waals surface area contributed by atoms with E-state index < -0.39 is 43.1 Å². The summed E-state index contributed by atoms with van der Waals surface area (Å²) in [6, 6.07) is 0. The van der Waals surface area contributed by atoms with Crippen molar-refractivity contribution < 1.29 is 39.7 Å². The van der Waals surface area contributed by atoms with Crippen molar-refractivity contribution in [2.24, 2.45) is 45.3 Å². The summed E-state index contributed by atoms with van der Waals surface area (Å²) in [6.07, 6.45) is 3.79. The van der Waals surface area contributed by atoms with Gasteiger partial charge in [-0.15, -0.1) is 0 Å². The van der Waals surface area contributed by atoms with E-state index in [0.29, 0.717) is 24.2 Å². The maximum atomic E-state index is 11.1. The van der Waals surface area contributed by atoms with Gasteiger partial charge in [0.15, 0.2) is 12.1 Å². The van der Waals surface area contributed by atoms with Crippen molar-refractivity contribution in [1.29, 1.82) is 0 Å². The summed E-state index contributed by atoms with van der Waals surface area (Å²) < 4.78 is 19.9. The zero-order valence-corrected chi connectivity index (χ0v) is 27.5. The first-order valence-electron chi connectivity index (χ1n) is 17.0. The number of hydrogen-bond acceptors (Lipinski definition) is 8. The Kier molecular flexibility index (Phi) is 8.07. The number of ether oxygens (including phenoxy) is 3. The van der Waals surface area contributed by atoms with Crippen LogP contribution in [-0.4, -0.2) is 80.8 Å². The van der Waals surface area contributed by atoms with Gasteiger partial charge in [0.05, 0.1) is 18.8 Å². The molecular weight excluding hydrogens is 548 g/mol. The van der Waals surface area contributed by atoms with E-state index in [1.165, 1.54) is 5.57 Å². The summed E-state index contributed by atoms with van der Waals surface area (Å²) >= 11 is 0. The van der Waals surface area contributed by atoms with Crippen LogP contribution in [0.15, 0.2) is 11.6 Å². The molecule has 0 radical (unpaired) electrons. The number of rotatable bonds is 6. The lowest BCUT2D eigenvalue weighted by molar-refractivity contribution is -0.376. The molecule has 6 aliphatic rings. The highest BCUT2D eigenvalue weighted by atomic mass is 16.8. The fourth-order valence-electron chi connectivity index (χ4n) is 12.0. The standard InChI is InChI=1S/C35H58O8/c1-19(2)9-8-13-35(43-30-29(40)28(39)27(38)22(18-36)41-30)20-10-15-34(7)26(20)21(42-35)17-24-32(5)14-12-25(37)31(3,4)23(32)11-16-33(24,34)6/h9,20-30,36-40H,8,10-18H2,1-7H3/t20-,21+,22+,23-,24+,25-,26-,27+,28-,29+,30-,32-,33+,34+,35-/m0/s1. The van der Waals surface area contributed by atoms with Crippen LogP contribution in [0.3, 0.4) is 0 Å². The molecule has 0 aromatic carbocycles. The molecule has 2 heterocycles. The molecule has 6 fully saturated rings. The predicted molar refractivity (Wildman–Crippen MR) is 162 cm³/mol. The van der Waals surface area contributed by atoms with Crippen LogP contribution in [0.4, 0.5) is 0 Å². The molecule has 0 amide bonds. The van der Waals surface area contributed by atoms with Gasteiger partial charge in [0.2, 0.25) is 0 Å². The van der Waals surface area contributed by atoms with E-state index in [1.54, 1.807) is 0 Å². The smallest absolute Gasteiger partial charge is 0.189 e. The van der Waals surface area contributed by atoms with Crippen molar-refractivity contribution in [2.75, 3.05) is 6.61 Å². The molecular formula is C35H58O8. The van der Waals surface area contributed by atoms with E-state index in [4.69, 9.17) is 14.2 Å². The summed E-state index contributed by atoms with van der Waals surface area (Å²) in [4.78, 5) is 0. The zero-order valence-electron chi connectivity index (χ0n) is 27.5. The minimum atomic E-state index is -1.49. The molecule has 8 nitrogen and oxygen atoms in total. The molecule has 0 bridgehead atoms. The highest BCUT2D eigenvalue weighted by Crippen LogP contribution is 2.78. The molecule has 15 atom stereocenters. The fraction of sp³-hybridized carbons (Fsp3) is 0.943. The van der Waals surface area contributed by atoms with Gasteiger partial charge in [-0.2, -0.15) is 0 Å². The predicted octanol–water partition coefficient (Wildman–Crippen LogP) is 4.30. The second-order valence-electron chi connectivity index (χ2n) is 16.9. The average Bonchev–Trinajstić information content (AvgIpc) is 3.47. The molecule has 0 aromatic rings. The van der Waals surface area contributed by atoms with Crippen LogP contribution in [0.5, 0.6) is 0 Å². The second-order valence-corrected chi connectivity index (χ2v) is 16.9. The van der Waals surface area contributed by atoms with Crippen molar-refractivity contribution in [3.63, 3.8) is 0 Å². The van der Waals surface area contributed by atoms with Gasteiger partial charge >= 0.3 is 0 Å². The topological polar surface area (TPSA) is 129 Å². The Labute approximate surface area is 258 Å². The van der Waals surface area contributed by atoms with E-state index in [0.717, 1.165) is 51.4 Å². The Balaban J connectivity index is 1.37. The Hall–Kier alpha value is -0.580. The lowest BCUT2D eigenvalue weighted by Crippen LogP contribution is -2.65. The lowest BCUT2D eigenvalue weighted by atomic mass is 9.35. The number of aliphatic hydroxyl groups is 5. The Morgan fingerprint density at radius 2 is 1.56 bits per heavy atom. The van der Waals surface area contributed by atoms with Crippen molar-refractivity contribution in [1.82, 2.24) is 0 Å². The van der Waals surface area contributed by atoms with Crippen molar-refractivity contribution in [3.8, 4) is 0 Å². The van der Waals surface area contributed by atoms with Crippen LogP contribution in [0.2, 0.25) is 0 Å². The van der Waals surface area contributed by atoms with Crippen molar-refractivity contribution in [2.45, 2.75) is 155 Å². The maximum absolute atomic E-state index is 11.1. The molecule has 0 aromatic heterocycles. The van der Waals surface area contributed by atoms with E-state index in [-0.39, 0.29) is 39.8 Å². The molecule has 246 valence electrons. The molecule has 4 aliphatic carbocycles. The minimum absolute atomic E-state index is 0.00213. The first kappa shape index (κ1) is 32.4. The first-order chi connectivity index (χ1) is 20.1. The van der Waals surface area contributed by atoms with E-state index in [1.807, 2.05) is 0 Å². The summed E-state index contributed by atoms with van der Waals surface area (Å²) in [5.41, 5.74) is 1.39. The van der Waals surface area contributed by atoms with Crippen LogP contribution < -0.4 is 0 Å². The van der Waals surface area contributed by atoms with Gasteiger partial charge in [0.25, 0.3) is 0 Å². The molecule has 4 saturated carbocycles. The van der Waals surface area contributed by atoms with E-state index in [9.17, 15) is 25.5 Å². The van der Waals surface area contributed by atoms with Crippen molar-refractivity contribution in [3.05, 3.63) is 11.6 Å². The van der Waals surface area contributed by atoms with Gasteiger partial charge in [-0.25, -0.2) is 0 Å². The maximum Gasteiger partial charge on any atom is 0.189 e. The normalized spacial score (nSPS) is 55.3. The zero-order chi connectivity index (χ0) is 31.3. The van der Waals surface area contributed by atoms with Crippen LogP contribution in [-0.2, 0) is 14.2 Å². The first-order valence-corrected chi connectivity index (χ1v) is 17.0. The van der Waals surface area contributed by atoms with E-state index >= 15 is 0 Å². The quantitative estimate of drug-likeness (QED) is 0.283. The van der Waals surface area contributed by atoms with Gasteiger partial charge in [-0.3, -0.25) is 0 Å². The summed E-state index contributed by atoms with van der Waals surface area (Å²) in [5.74, 6) is 0.296.